The number of carbonyl (C=O) groups excluding carboxylic acids is 1. The van der Waals surface area contributed by atoms with Crippen LogP contribution < -0.4 is 10.6 Å². The van der Waals surface area contributed by atoms with E-state index in [1.807, 2.05) is 46.3 Å². The van der Waals surface area contributed by atoms with E-state index in [4.69, 9.17) is 0 Å². The SMILES string of the molecule is C[C@@H](O)CNc1nc2ccccc2n1CC(=O)NCc1cccs1. The second-order valence-electron chi connectivity index (χ2n) is 5.60. The fourth-order valence-corrected chi connectivity index (χ4v) is 3.05. The maximum Gasteiger partial charge on any atom is 0.240 e. The summed E-state index contributed by atoms with van der Waals surface area (Å²) >= 11 is 1.62. The summed E-state index contributed by atoms with van der Waals surface area (Å²) < 4.78 is 1.83. The largest absolute Gasteiger partial charge is 0.392 e. The molecule has 0 bridgehead atoms. The van der Waals surface area contributed by atoms with Crippen molar-refractivity contribution in [3.8, 4) is 0 Å². The maximum atomic E-state index is 12.3. The standard InChI is InChI=1S/C17H20N4O2S/c1-12(22)9-19-17-20-14-6-2-3-7-15(14)21(17)11-16(23)18-10-13-5-4-8-24-13/h2-8,12,22H,9-11H2,1H3,(H,18,23)(H,19,20)/t12-/m1/s1. The summed E-state index contributed by atoms with van der Waals surface area (Å²) in [4.78, 5) is 17.9. The number of hydrogen-bond donors (Lipinski definition) is 3. The van der Waals surface area contributed by atoms with Gasteiger partial charge >= 0.3 is 0 Å². The minimum atomic E-state index is -0.495. The summed E-state index contributed by atoms with van der Waals surface area (Å²) in [6, 6.07) is 11.6. The minimum absolute atomic E-state index is 0.0772. The number of thiophene rings is 1. The monoisotopic (exact) mass is 344 g/mol. The number of hydrogen-bond acceptors (Lipinski definition) is 5. The Morgan fingerprint density at radius 2 is 2.17 bits per heavy atom. The predicted molar refractivity (Wildman–Crippen MR) is 96.1 cm³/mol. The molecule has 2 aromatic heterocycles. The molecule has 0 aliphatic rings. The van der Waals surface area contributed by atoms with Crippen molar-refractivity contribution < 1.29 is 9.90 Å². The number of anilines is 1. The highest BCUT2D eigenvalue weighted by Gasteiger charge is 2.13. The molecule has 6 nitrogen and oxygen atoms in total. The molecule has 3 N–H and O–H groups in total. The summed E-state index contributed by atoms with van der Waals surface area (Å²) in [5, 5.41) is 17.5. The van der Waals surface area contributed by atoms with Gasteiger partial charge in [0.1, 0.15) is 6.54 Å². The van der Waals surface area contributed by atoms with E-state index in [0.29, 0.717) is 19.0 Å². The first kappa shape index (κ1) is 16.5. The second kappa shape index (κ2) is 7.46. The molecule has 0 fully saturated rings. The molecule has 0 aliphatic carbocycles. The summed E-state index contributed by atoms with van der Waals surface area (Å²) in [6.45, 7) is 2.78. The number of aliphatic hydroxyl groups is 1. The van der Waals surface area contributed by atoms with Crippen LogP contribution in [-0.4, -0.2) is 33.2 Å². The molecule has 2 heterocycles. The van der Waals surface area contributed by atoms with Crippen molar-refractivity contribution in [1.82, 2.24) is 14.9 Å². The third kappa shape index (κ3) is 3.93. The smallest absolute Gasteiger partial charge is 0.240 e. The molecule has 1 amide bonds. The number of amides is 1. The lowest BCUT2D eigenvalue weighted by molar-refractivity contribution is -0.121. The van der Waals surface area contributed by atoms with Crippen LogP contribution in [0.3, 0.4) is 0 Å². The topological polar surface area (TPSA) is 79.2 Å². The first-order valence-electron chi connectivity index (χ1n) is 7.80. The average Bonchev–Trinajstić information content (AvgIpc) is 3.19. The van der Waals surface area contributed by atoms with E-state index in [1.165, 1.54) is 0 Å². The van der Waals surface area contributed by atoms with Crippen molar-refractivity contribution >= 4 is 34.2 Å². The fraction of sp³-hybridized carbons (Fsp3) is 0.294. The Morgan fingerprint density at radius 3 is 2.92 bits per heavy atom. The average molecular weight is 344 g/mol. The molecule has 0 spiro atoms. The molecule has 0 saturated heterocycles. The lowest BCUT2D eigenvalue weighted by Gasteiger charge is -2.12. The van der Waals surface area contributed by atoms with Crippen LogP contribution in [-0.2, 0) is 17.9 Å². The van der Waals surface area contributed by atoms with E-state index >= 15 is 0 Å². The number of aliphatic hydroxyl groups excluding tert-OH is 1. The Bertz CT molecular complexity index is 811. The zero-order valence-corrected chi connectivity index (χ0v) is 14.2. The Balaban J connectivity index is 1.75. The number of carbonyl (C=O) groups is 1. The Kier molecular flexibility index (Phi) is 5.12. The molecule has 7 heteroatoms. The molecular formula is C17H20N4O2S. The summed E-state index contributed by atoms with van der Waals surface area (Å²) in [5.41, 5.74) is 1.70. The first-order chi connectivity index (χ1) is 11.6. The van der Waals surface area contributed by atoms with Crippen molar-refractivity contribution in [3.05, 3.63) is 46.7 Å². The van der Waals surface area contributed by atoms with E-state index in [1.54, 1.807) is 18.3 Å². The van der Waals surface area contributed by atoms with Crippen molar-refractivity contribution in [2.24, 2.45) is 0 Å². The van der Waals surface area contributed by atoms with E-state index in [9.17, 15) is 9.90 Å². The first-order valence-corrected chi connectivity index (χ1v) is 8.67. The molecule has 0 aliphatic heterocycles. The number of para-hydroxylation sites is 2. The van der Waals surface area contributed by atoms with E-state index in [0.717, 1.165) is 15.9 Å². The van der Waals surface area contributed by atoms with Crippen molar-refractivity contribution in [1.29, 1.82) is 0 Å². The number of aromatic nitrogens is 2. The predicted octanol–water partition coefficient (Wildman–Crippen LogP) is 2.21. The molecule has 3 rings (SSSR count). The third-order valence-corrected chi connectivity index (χ3v) is 4.43. The highest BCUT2D eigenvalue weighted by Crippen LogP contribution is 2.19. The van der Waals surface area contributed by atoms with Gasteiger partial charge in [0, 0.05) is 11.4 Å². The van der Waals surface area contributed by atoms with E-state index < -0.39 is 6.10 Å². The van der Waals surface area contributed by atoms with E-state index in [2.05, 4.69) is 15.6 Å². The molecule has 24 heavy (non-hydrogen) atoms. The number of imidazole rings is 1. The lowest BCUT2D eigenvalue weighted by atomic mass is 10.3. The van der Waals surface area contributed by atoms with Crippen LogP contribution >= 0.6 is 11.3 Å². The van der Waals surface area contributed by atoms with Gasteiger partial charge in [-0.25, -0.2) is 4.98 Å². The number of fused-ring (bicyclic) bond motifs is 1. The van der Waals surface area contributed by atoms with Gasteiger partial charge in [-0.2, -0.15) is 0 Å². The van der Waals surface area contributed by atoms with Gasteiger partial charge in [-0.1, -0.05) is 18.2 Å². The lowest BCUT2D eigenvalue weighted by Crippen LogP contribution is -2.28. The summed E-state index contributed by atoms with van der Waals surface area (Å²) in [5.74, 6) is 0.509. The maximum absolute atomic E-state index is 12.3. The quantitative estimate of drug-likeness (QED) is 0.614. The van der Waals surface area contributed by atoms with Crippen LogP contribution in [0.15, 0.2) is 41.8 Å². The summed E-state index contributed by atoms with van der Waals surface area (Å²) in [7, 11) is 0. The molecule has 3 aromatic rings. The number of nitrogens with zero attached hydrogens (tertiary/aromatic N) is 2. The number of rotatable bonds is 7. The van der Waals surface area contributed by atoms with Crippen LogP contribution in [0, 0.1) is 0 Å². The van der Waals surface area contributed by atoms with Crippen LogP contribution in [0.5, 0.6) is 0 Å². The van der Waals surface area contributed by atoms with Crippen LogP contribution in [0.4, 0.5) is 5.95 Å². The Morgan fingerprint density at radius 1 is 1.33 bits per heavy atom. The molecule has 1 aromatic carbocycles. The zero-order chi connectivity index (χ0) is 16.9. The Labute approximate surface area is 144 Å². The highest BCUT2D eigenvalue weighted by molar-refractivity contribution is 7.09. The van der Waals surface area contributed by atoms with Gasteiger partial charge in [-0.05, 0) is 30.5 Å². The van der Waals surface area contributed by atoms with Gasteiger partial charge < -0.3 is 20.3 Å². The highest BCUT2D eigenvalue weighted by atomic mass is 32.1. The molecule has 0 unspecified atom stereocenters. The second-order valence-corrected chi connectivity index (χ2v) is 6.63. The summed E-state index contributed by atoms with van der Waals surface area (Å²) in [6.07, 6.45) is -0.495. The van der Waals surface area contributed by atoms with Gasteiger partial charge in [0.2, 0.25) is 11.9 Å². The van der Waals surface area contributed by atoms with Gasteiger partial charge in [-0.3, -0.25) is 4.79 Å². The van der Waals surface area contributed by atoms with Gasteiger partial charge in [0.15, 0.2) is 0 Å². The van der Waals surface area contributed by atoms with Crippen molar-refractivity contribution in [2.45, 2.75) is 26.1 Å². The molecule has 126 valence electrons. The fourth-order valence-electron chi connectivity index (χ4n) is 2.41. The van der Waals surface area contributed by atoms with Gasteiger partial charge in [0.05, 0.1) is 23.7 Å². The molecule has 1 atom stereocenters. The Hall–Kier alpha value is -2.38. The molecule has 0 radical (unpaired) electrons. The molecule has 0 saturated carbocycles. The van der Waals surface area contributed by atoms with Crippen LogP contribution in [0.2, 0.25) is 0 Å². The zero-order valence-electron chi connectivity index (χ0n) is 13.4. The van der Waals surface area contributed by atoms with Crippen LogP contribution in [0.1, 0.15) is 11.8 Å². The van der Waals surface area contributed by atoms with Crippen molar-refractivity contribution in [2.75, 3.05) is 11.9 Å². The van der Waals surface area contributed by atoms with E-state index in [-0.39, 0.29) is 12.5 Å². The van der Waals surface area contributed by atoms with Gasteiger partial charge in [-0.15, -0.1) is 11.3 Å². The number of nitrogens with one attached hydrogen (secondary N) is 2. The van der Waals surface area contributed by atoms with Gasteiger partial charge in [0.25, 0.3) is 0 Å². The van der Waals surface area contributed by atoms with Crippen LogP contribution in [0.25, 0.3) is 11.0 Å². The van der Waals surface area contributed by atoms with Crippen molar-refractivity contribution in [3.63, 3.8) is 0 Å². The normalized spacial score (nSPS) is 12.2. The third-order valence-electron chi connectivity index (χ3n) is 3.55. The minimum Gasteiger partial charge on any atom is -0.392 e. The number of benzene rings is 1. The molecular weight excluding hydrogens is 324 g/mol.